The van der Waals surface area contributed by atoms with Gasteiger partial charge in [0.25, 0.3) is 0 Å². The topological polar surface area (TPSA) is 40.5 Å². The van der Waals surface area contributed by atoms with E-state index in [1.165, 1.54) is 38.5 Å². The van der Waals surface area contributed by atoms with E-state index in [4.69, 9.17) is 46.4 Å². The van der Waals surface area contributed by atoms with Crippen LogP contribution in [0, 0.1) is 13.8 Å². The van der Waals surface area contributed by atoms with Crippen LogP contribution >= 0.6 is 60.6 Å². The van der Waals surface area contributed by atoms with Crippen molar-refractivity contribution in [2.24, 2.45) is 0 Å². The van der Waals surface area contributed by atoms with Crippen LogP contribution in [0.2, 0.25) is 20.1 Å². The molecule has 2 nitrogen and oxygen atoms in total. The van der Waals surface area contributed by atoms with Crippen molar-refractivity contribution in [2.45, 2.75) is 60.5 Å². The second-order valence-corrected chi connectivity index (χ2v) is 28.3. The molecule has 0 bridgehead atoms. The molecule has 1 fully saturated rings. The summed E-state index contributed by atoms with van der Waals surface area (Å²) in [5.74, 6) is 2.13. The minimum atomic E-state index is -0.790. The molecule has 2 N–H and O–H groups in total. The molecule has 4 atom stereocenters. The molecule has 1 aliphatic heterocycles. The van der Waals surface area contributed by atoms with E-state index >= 15 is 0 Å². The second kappa shape index (κ2) is 18.5. The molecule has 2 aliphatic rings. The fourth-order valence-corrected chi connectivity index (χ4v) is 35.3. The van der Waals surface area contributed by atoms with Gasteiger partial charge in [0, 0.05) is 0 Å². The molecule has 0 spiro atoms. The largest absolute Gasteiger partial charge is 0.199 e. The van der Waals surface area contributed by atoms with Crippen molar-refractivity contribution >= 4 is 60.6 Å². The van der Waals surface area contributed by atoms with Gasteiger partial charge in [-0.25, -0.2) is 0 Å². The van der Waals surface area contributed by atoms with Crippen LogP contribution < -0.4 is 0 Å². The summed E-state index contributed by atoms with van der Waals surface area (Å²) < 4.78 is 0. The average Bonchev–Trinajstić information content (AvgIpc) is 3.29. The smallest absolute Gasteiger partial charge is 0.0866 e. The maximum Gasteiger partial charge on any atom is -0.0866 e. The van der Waals surface area contributed by atoms with Crippen LogP contribution in [-0.2, 0) is 30.7 Å². The molecule has 0 radical (unpaired) electrons. The Balaban J connectivity index is 0.000000269. The molecule has 240 valence electrons. The Labute approximate surface area is 300 Å². The van der Waals surface area contributed by atoms with Crippen LogP contribution in [0.15, 0.2) is 84.9 Å². The predicted molar refractivity (Wildman–Crippen MR) is 196 cm³/mol. The summed E-state index contributed by atoms with van der Waals surface area (Å²) >= 11 is 24.1. The maximum atomic E-state index is 10.6. The van der Waals surface area contributed by atoms with Gasteiger partial charge >= 0.3 is 218 Å². The molecule has 9 heteroatoms. The number of hydrogen-bond donors (Lipinski definition) is 2. The van der Waals surface area contributed by atoms with E-state index in [0.29, 0.717) is 44.8 Å². The molecule has 6 rings (SSSR count). The minimum Gasteiger partial charge on any atom is -0.199 e. The Hall–Kier alpha value is -1.04. The first-order valence-electron chi connectivity index (χ1n) is 14.9. The standard InChI is InChI=1S/C22H24Cl4O2S2.2C7H7.Zr/c23-15-7-13(21(27)17(25)9-15)11-29-19-5-3-1-2-4-6-20(19)30-12-14-8-16(24)10-18(26)22(14)28;2*1-7-5-3-2-4-6-7;/h7-10,19-20,27-28H,1-6,11-12H2;2*2-6H,1H2;/q;2*-1;/t19-,20?;;;/m0.../s1. The minimum absolute atomic E-state index is 0.186. The average molecular weight is 800 g/mol. The van der Waals surface area contributed by atoms with Crippen LogP contribution in [0.3, 0.4) is 0 Å². The Morgan fingerprint density at radius 1 is 0.600 bits per heavy atom. The van der Waals surface area contributed by atoms with E-state index in [9.17, 15) is 10.2 Å². The first-order chi connectivity index (χ1) is 21.6. The third kappa shape index (κ3) is 11.3. The first kappa shape index (κ1) is 36.8. The number of rotatable bonds is 4. The van der Waals surface area contributed by atoms with Crippen LogP contribution in [0.5, 0.6) is 11.5 Å². The van der Waals surface area contributed by atoms with E-state index in [0.717, 1.165) is 33.8 Å². The third-order valence-corrected chi connectivity index (χ3v) is 30.4. The number of phenolic OH excluding ortho intramolecular Hbond substituents is 2. The fraction of sp³-hybridized carbons (Fsp3) is 0.278. The first-order valence-corrected chi connectivity index (χ1v) is 25.3. The van der Waals surface area contributed by atoms with Crippen molar-refractivity contribution in [3.05, 3.63) is 141 Å². The van der Waals surface area contributed by atoms with Crippen LogP contribution in [0.25, 0.3) is 0 Å². The van der Waals surface area contributed by atoms with Crippen molar-refractivity contribution in [1.29, 1.82) is 0 Å². The number of phenols is 2. The van der Waals surface area contributed by atoms with Gasteiger partial charge in [0.2, 0.25) is 0 Å². The zero-order valence-corrected chi connectivity index (χ0v) is 32.1. The molecule has 4 aromatic rings. The van der Waals surface area contributed by atoms with Crippen LogP contribution in [-0.4, -0.2) is 20.7 Å². The molecule has 4 aromatic carbocycles. The molecule has 1 saturated carbocycles. The van der Waals surface area contributed by atoms with Gasteiger partial charge < -0.3 is 0 Å². The van der Waals surface area contributed by atoms with Crippen molar-refractivity contribution in [3.8, 4) is 11.5 Å². The number of halogens is 4. The van der Waals surface area contributed by atoms with E-state index < -0.39 is 19.2 Å². The van der Waals surface area contributed by atoms with Crippen LogP contribution in [0.1, 0.15) is 60.8 Å². The molecular weight excluding hydrogens is 762 g/mol. The van der Waals surface area contributed by atoms with Crippen molar-refractivity contribution in [2.75, 3.05) is 0 Å². The molecule has 0 aromatic heterocycles. The van der Waals surface area contributed by atoms with Crippen molar-refractivity contribution in [3.63, 3.8) is 0 Å². The van der Waals surface area contributed by atoms with Gasteiger partial charge in [0.15, 0.2) is 0 Å². The zero-order chi connectivity index (χ0) is 32.3. The normalized spacial score (nSPS) is 20.4. The number of fused-ring (bicyclic) bond motifs is 1. The van der Waals surface area contributed by atoms with E-state index in [1.807, 2.05) is 72.8 Å². The van der Waals surface area contributed by atoms with Gasteiger partial charge in [-0.15, -0.1) is 24.3 Å². The Kier molecular flexibility index (Phi) is 15.1. The summed E-state index contributed by atoms with van der Waals surface area (Å²) in [5, 5.41) is 24.4. The molecule has 0 saturated heterocycles. The summed E-state index contributed by atoms with van der Waals surface area (Å²) in [7, 11) is 0.592. The summed E-state index contributed by atoms with van der Waals surface area (Å²) in [6.45, 7) is 7.44. The number of hydrogen-bond acceptors (Lipinski definition) is 2. The summed E-state index contributed by atoms with van der Waals surface area (Å²) in [5.41, 5.74) is 3.92. The summed E-state index contributed by atoms with van der Waals surface area (Å²) in [6, 6.07) is 26.7. The van der Waals surface area contributed by atoms with Gasteiger partial charge in [-0.3, -0.25) is 0 Å². The molecule has 1 heterocycles. The molecule has 45 heavy (non-hydrogen) atoms. The monoisotopic (exact) mass is 796 g/mol. The molecule has 2 unspecified atom stereocenters. The van der Waals surface area contributed by atoms with Gasteiger partial charge in [0.1, 0.15) is 0 Å². The zero-order valence-electron chi connectivity index (χ0n) is 25.0. The molecule has 0 amide bonds. The Bertz CT molecular complexity index is 1530. The van der Waals surface area contributed by atoms with E-state index in [-0.39, 0.29) is 11.5 Å². The Morgan fingerprint density at radius 2 is 0.978 bits per heavy atom. The van der Waals surface area contributed by atoms with Crippen molar-refractivity contribution < 1.29 is 29.4 Å². The number of aromatic hydroxyl groups is 2. The third-order valence-electron chi connectivity index (χ3n) is 7.61. The van der Waals surface area contributed by atoms with Crippen LogP contribution in [0.4, 0.5) is 0 Å². The molecular formula is C36H38Cl4O2S2Zr-2. The molecule has 1 aliphatic carbocycles. The van der Waals surface area contributed by atoms with E-state index in [1.54, 1.807) is 12.1 Å². The maximum absolute atomic E-state index is 10.6. The van der Waals surface area contributed by atoms with E-state index in [2.05, 4.69) is 13.8 Å². The van der Waals surface area contributed by atoms with Gasteiger partial charge in [0.05, 0.1) is 0 Å². The van der Waals surface area contributed by atoms with Gasteiger partial charge in [-0.1, -0.05) is 12.1 Å². The van der Waals surface area contributed by atoms with Gasteiger partial charge in [-0.05, 0) is 0 Å². The SMILES string of the molecule is Oc1c(Cl)cc(Cl)cc1C[S]1=[Zr]=[S@@](Cc2cc(Cl)cc(Cl)c2O)C2CCCCCC[C@@H]21.[CH2-]c1ccccc1.[CH2-]c1ccccc1. The number of benzene rings is 4. The predicted octanol–water partition coefficient (Wildman–Crippen LogP) is 12.7. The van der Waals surface area contributed by atoms with Gasteiger partial charge in [-0.2, -0.15) is 49.2 Å². The quantitative estimate of drug-likeness (QED) is 0.202. The Morgan fingerprint density at radius 3 is 1.31 bits per heavy atom. The second-order valence-electron chi connectivity index (χ2n) is 11.1. The summed E-state index contributed by atoms with van der Waals surface area (Å²) in [4.78, 5) is 0. The summed E-state index contributed by atoms with van der Waals surface area (Å²) in [6.07, 6.45) is 7.76. The fourth-order valence-electron chi connectivity index (χ4n) is 5.35. The van der Waals surface area contributed by atoms with Crippen molar-refractivity contribution in [1.82, 2.24) is 0 Å².